The van der Waals surface area contributed by atoms with Gasteiger partial charge in [0.25, 0.3) is 0 Å². The van der Waals surface area contributed by atoms with E-state index in [0.29, 0.717) is 18.2 Å². The van der Waals surface area contributed by atoms with Gasteiger partial charge in [-0.25, -0.2) is 0 Å². The Balaban J connectivity index is 1.58. The molecule has 2 atom stereocenters. The van der Waals surface area contributed by atoms with Gasteiger partial charge in [0.15, 0.2) is 5.79 Å². The summed E-state index contributed by atoms with van der Waals surface area (Å²) in [6.45, 7) is 4.54. The minimum atomic E-state index is -0.310. The van der Waals surface area contributed by atoms with Crippen LogP contribution in [0.4, 0.5) is 0 Å². The summed E-state index contributed by atoms with van der Waals surface area (Å²) >= 11 is 0. The lowest BCUT2D eigenvalue weighted by molar-refractivity contribution is -0.895. The molecular weight excluding hydrogens is 587 g/mol. The Morgan fingerprint density at radius 2 is 0.792 bits per heavy atom. The first-order valence-electron chi connectivity index (χ1n) is 21.2. The van der Waals surface area contributed by atoms with Gasteiger partial charge in [0.2, 0.25) is 0 Å². The maximum absolute atomic E-state index is 6.89. The van der Waals surface area contributed by atoms with E-state index in [-0.39, 0.29) is 5.79 Å². The second-order valence-corrected chi connectivity index (χ2v) is 16.1. The summed E-state index contributed by atoms with van der Waals surface area (Å²) < 4.78 is 14.8. The molecule has 2 rings (SSSR count). The molecule has 1 saturated carbocycles. The number of hydrogen-bond acceptors (Lipinski definition) is 2. The Morgan fingerprint density at radius 1 is 0.458 bits per heavy atom. The van der Waals surface area contributed by atoms with E-state index < -0.39 is 0 Å². The van der Waals surface area contributed by atoms with Gasteiger partial charge in [0.1, 0.15) is 0 Å². The van der Waals surface area contributed by atoms with Crippen LogP contribution in [0.15, 0.2) is 48.6 Å². The molecule has 0 N–H and O–H groups in total. The Hall–Kier alpha value is -1.16. The van der Waals surface area contributed by atoms with Crippen LogP contribution in [0, 0.1) is 0 Å². The highest BCUT2D eigenvalue weighted by Gasteiger charge is 2.53. The number of hydrogen-bond donors (Lipinski definition) is 0. The molecular formula is C45H82NO2+. The fourth-order valence-electron chi connectivity index (χ4n) is 7.52. The quantitative estimate of drug-likeness (QED) is 0.0416. The lowest BCUT2D eigenvalue weighted by atomic mass is 9.98. The van der Waals surface area contributed by atoms with Crippen LogP contribution in [0.1, 0.15) is 194 Å². The van der Waals surface area contributed by atoms with Crippen LogP contribution in [0.2, 0.25) is 0 Å². The summed E-state index contributed by atoms with van der Waals surface area (Å²) in [5, 5.41) is 0. The molecule has 0 aromatic heterocycles. The summed E-state index contributed by atoms with van der Waals surface area (Å²) in [4.78, 5) is 0. The van der Waals surface area contributed by atoms with Gasteiger partial charge in [0.05, 0.1) is 39.4 Å². The summed E-state index contributed by atoms with van der Waals surface area (Å²) in [5.41, 5.74) is 0. The van der Waals surface area contributed by atoms with Crippen molar-refractivity contribution in [1.29, 1.82) is 0 Å². The van der Waals surface area contributed by atoms with Crippen molar-refractivity contribution in [2.24, 2.45) is 0 Å². The number of quaternary nitrogens is 1. The molecule has 278 valence electrons. The van der Waals surface area contributed by atoms with E-state index in [9.17, 15) is 0 Å². The van der Waals surface area contributed by atoms with Crippen molar-refractivity contribution in [3.8, 4) is 0 Å². The molecule has 0 aromatic carbocycles. The number of nitrogens with zero attached hydrogens (tertiary/aromatic N) is 1. The number of ether oxygens (including phenoxy) is 2. The van der Waals surface area contributed by atoms with Crippen molar-refractivity contribution in [2.45, 2.75) is 218 Å². The molecule has 0 spiro atoms. The Morgan fingerprint density at radius 3 is 1.15 bits per heavy atom. The molecule has 0 aromatic rings. The normalized spacial score (nSPS) is 23.2. The van der Waals surface area contributed by atoms with E-state index >= 15 is 0 Å². The summed E-state index contributed by atoms with van der Waals surface area (Å²) in [5.74, 6) is -0.310. The highest BCUT2D eigenvalue weighted by molar-refractivity contribution is 4.95. The number of unbranched alkanes of at least 4 members (excludes halogenated alkanes) is 18. The first kappa shape index (κ1) is 43.0. The second kappa shape index (κ2) is 27.5. The van der Waals surface area contributed by atoms with E-state index in [2.05, 4.69) is 83.6 Å². The van der Waals surface area contributed by atoms with Gasteiger partial charge in [-0.2, -0.15) is 0 Å². The van der Waals surface area contributed by atoms with Crippen molar-refractivity contribution in [3.05, 3.63) is 48.6 Å². The lowest BCUT2D eigenvalue weighted by Crippen LogP contribution is -2.45. The van der Waals surface area contributed by atoms with E-state index in [1.807, 2.05) is 0 Å². The van der Waals surface area contributed by atoms with Crippen LogP contribution in [0.3, 0.4) is 0 Å². The van der Waals surface area contributed by atoms with Crippen LogP contribution < -0.4 is 0 Å². The first-order chi connectivity index (χ1) is 23.4. The minimum absolute atomic E-state index is 0.307. The number of rotatable bonds is 31. The third kappa shape index (κ3) is 20.5. The summed E-state index contributed by atoms with van der Waals surface area (Å²) in [6, 6.07) is 0.654. The maximum Gasteiger partial charge on any atom is 0.169 e. The van der Waals surface area contributed by atoms with E-state index in [0.717, 1.165) is 43.0 Å². The van der Waals surface area contributed by atoms with E-state index in [1.165, 1.54) is 141 Å². The molecule has 3 nitrogen and oxygen atoms in total. The van der Waals surface area contributed by atoms with E-state index in [1.54, 1.807) is 0 Å². The van der Waals surface area contributed by atoms with Gasteiger partial charge < -0.3 is 14.0 Å². The molecule has 1 saturated heterocycles. The molecule has 2 aliphatic rings. The van der Waals surface area contributed by atoms with Crippen molar-refractivity contribution < 1.29 is 14.0 Å². The average molecular weight is 669 g/mol. The predicted molar refractivity (Wildman–Crippen MR) is 211 cm³/mol. The number of allylic oxidation sites excluding steroid dienone is 8. The molecule has 48 heavy (non-hydrogen) atoms. The molecule has 0 radical (unpaired) electrons. The smallest absolute Gasteiger partial charge is 0.169 e. The molecule has 1 aliphatic heterocycles. The van der Waals surface area contributed by atoms with Gasteiger partial charge in [0, 0.05) is 25.7 Å². The Labute approximate surface area is 300 Å². The van der Waals surface area contributed by atoms with Crippen LogP contribution in [0.25, 0.3) is 0 Å². The monoisotopic (exact) mass is 669 g/mol. The van der Waals surface area contributed by atoms with Gasteiger partial charge in [-0.3, -0.25) is 0 Å². The average Bonchev–Trinajstić information content (AvgIpc) is 3.61. The minimum Gasteiger partial charge on any atom is -0.344 e. The molecule has 2 unspecified atom stereocenters. The fourth-order valence-corrected chi connectivity index (χ4v) is 7.52. The zero-order chi connectivity index (χ0) is 34.6. The molecule has 1 heterocycles. The van der Waals surface area contributed by atoms with Gasteiger partial charge in [-0.15, -0.1) is 0 Å². The summed E-state index contributed by atoms with van der Waals surface area (Å²) in [6.07, 6.45) is 55.1. The van der Waals surface area contributed by atoms with Crippen molar-refractivity contribution in [3.63, 3.8) is 0 Å². The zero-order valence-corrected chi connectivity index (χ0v) is 32.9. The van der Waals surface area contributed by atoms with Gasteiger partial charge >= 0.3 is 0 Å². The standard InChI is InChI=1S/C45H82NO2/c1-6-8-10-12-14-16-18-20-22-24-26-28-30-32-34-36-38-45(47-43-40-42(46(3,4)5)41-44(43)48-45)39-37-35-33-31-29-27-25-23-21-19-17-15-13-11-9-7-2/h14-17,20-23,42-44H,6-13,18-19,24-41H2,1-5H3/q+1. The molecule has 3 heteroatoms. The van der Waals surface area contributed by atoms with Gasteiger partial charge in [-0.05, 0) is 77.0 Å². The van der Waals surface area contributed by atoms with Crippen molar-refractivity contribution >= 4 is 0 Å². The van der Waals surface area contributed by atoms with E-state index in [4.69, 9.17) is 9.47 Å². The highest BCUT2D eigenvalue weighted by atomic mass is 16.8. The SMILES string of the molecule is CCCCCC=CCC=CCCCCCCCCC1(CCCCCCCCC=CCC=CCCCCC)OC2CC([N+](C)(C)C)CC2O1. The van der Waals surface area contributed by atoms with Gasteiger partial charge in [-0.1, -0.05) is 140 Å². The van der Waals surface area contributed by atoms with Crippen LogP contribution in [-0.2, 0) is 9.47 Å². The zero-order valence-electron chi connectivity index (χ0n) is 32.9. The predicted octanol–water partition coefficient (Wildman–Crippen LogP) is 13.7. The van der Waals surface area contributed by atoms with Crippen LogP contribution in [0.5, 0.6) is 0 Å². The third-order valence-corrected chi connectivity index (χ3v) is 10.8. The van der Waals surface area contributed by atoms with Crippen molar-refractivity contribution in [1.82, 2.24) is 0 Å². The van der Waals surface area contributed by atoms with Crippen LogP contribution >= 0.6 is 0 Å². The topological polar surface area (TPSA) is 18.5 Å². The Bertz CT molecular complexity index is 801. The fraction of sp³-hybridized carbons (Fsp3) is 0.822. The maximum atomic E-state index is 6.89. The Kier molecular flexibility index (Phi) is 24.7. The molecule has 0 bridgehead atoms. The lowest BCUT2D eigenvalue weighted by Gasteiger charge is -2.34. The third-order valence-electron chi connectivity index (χ3n) is 10.8. The molecule has 2 fully saturated rings. The second-order valence-electron chi connectivity index (χ2n) is 16.1. The van der Waals surface area contributed by atoms with Crippen molar-refractivity contribution in [2.75, 3.05) is 21.1 Å². The molecule has 0 amide bonds. The number of fused-ring (bicyclic) bond motifs is 1. The first-order valence-corrected chi connectivity index (χ1v) is 21.2. The highest BCUT2D eigenvalue weighted by Crippen LogP contribution is 2.45. The largest absolute Gasteiger partial charge is 0.344 e. The van der Waals surface area contributed by atoms with Crippen LogP contribution in [-0.4, -0.2) is 49.7 Å². The molecule has 1 aliphatic carbocycles. The summed E-state index contributed by atoms with van der Waals surface area (Å²) in [7, 11) is 6.98.